The predicted octanol–water partition coefficient (Wildman–Crippen LogP) is 3.93. The van der Waals surface area contributed by atoms with Gasteiger partial charge in [0.1, 0.15) is 5.82 Å². The maximum Gasteiger partial charge on any atom is 0.246 e. The Morgan fingerprint density at radius 2 is 2.12 bits per heavy atom. The van der Waals surface area contributed by atoms with Crippen molar-refractivity contribution in [3.63, 3.8) is 0 Å². The van der Waals surface area contributed by atoms with Crippen molar-refractivity contribution in [2.75, 3.05) is 13.1 Å². The first-order chi connectivity index (χ1) is 12.8. The van der Waals surface area contributed by atoms with Crippen LogP contribution in [0.5, 0.6) is 0 Å². The summed E-state index contributed by atoms with van der Waals surface area (Å²) in [4.78, 5) is 24.2. The van der Waals surface area contributed by atoms with E-state index in [0.29, 0.717) is 6.04 Å². The normalized spacial score (nSPS) is 16.0. The van der Waals surface area contributed by atoms with Crippen molar-refractivity contribution in [3.8, 4) is 0 Å². The highest BCUT2D eigenvalue weighted by Gasteiger charge is 2.25. The molecule has 1 saturated heterocycles. The molecule has 0 saturated carbocycles. The van der Waals surface area contributed by atoms with Gasteiger partial charge in [-0.2, -0.15) is 0 Å². The van der Waals surface area contributed by atoms with Gasteiger partial charge in [-0.25, -0.2) is 4.98 Å². The standard InChI is InChI=1S/C20H22N4OS/c1-2-19-22-17-5-3-4-6-18(17)24(19)15-9-11-23(12-10-15)20(25)8-7-16-13-21-14-26-16/h3-8,13-15H,2,9-12H2,1H3/b8-7+. The molecule has 1 fully saturated rings. The Balaban J connectivity index is 1.46. The second kappa shape index (κ2) is 7.41. The van der Waals surface area contributed by atoms with Gasteiger partial charge in [0, 0.05) is 42.7 Å². The molecule has 134 valence electrons. The van der Waals surface area contributed by atoms with Gasteiger partial charge >= 0.3 is 0 Å². The summed E-state index contributed by atoms with van der Waals surface area (Å²) >= 11 is 1.54. The summed E-state index contributed by atoms with van der Waals surface area (Å²) in [6, 6.07) is 8.75. The van der Waals surface area contributed by atoms with Crippen LogP contribution in [0.4, 0.5) is 0 Å². The van der Waals surface area contributed by atoms with Crippen LogP contribution < -0.4 is 0 Å². The lowest BCUT2D eigenvalue weighted by atomic mass is 10.0. The highest BCUT2D eigenvalue weighted by molar-refractivity contribution is 7.10. The van der Waals surface area contributed by atoms with Gasteiger partial charge in [0.15, 0.2) is 0 Å². The second-order valence-corrected chi connectivity index (χ2v) is 7.45. The number of hydrogen-bond acceptors (Lipinski definition) is 4. The third kappa shape index (κ3) is 3.29. The third-order valence-electron chi connectivity index (χ3n) is 4.97. The summed E-state index contributed by atoms with van der Waals surface area (Å²) in [5.74, 6) is 1.23. The zero-order valence-electron chi connectivity index (χ0n) is 14.8. The minimum Gasteiger partial charge on any atom is -0.339 e. The predicted molar refractivity (Wildman–Crippen MR) is 105 cm³/mol. The molecule has 0 spiro atoms. The van der Waals surface area contributed by atoms with Crippen molar-refractivity contribution in [1.82, 2.24) is 19.4 Å². The van der Waals surface area contributed by atoms with Gasteiger partial charge in [0.05, 0.1) is 16.5 Å². The second-order valence-electron chi connectivity index (χ2n) is 6.53. The number of aryl methyl sites for hydroxylation is 1. The lowest BCUT2D eigenvalue weighted by Gasteiger charge is -2.33. The molecule has 3 aromatic rings. The van der Waals surface area contributed by atoms with Crippen molar-refractivity contribution in [1.29, 1.82) is 0 Å². The minimum absolute atomic E-state index is 0.0862. The maximum atomic E-state index is 12.4. The van der Waals surface area contributed by atoms with Crippen LogP contribution in [0.3, 0.4) is 0 Å². The summed E-state index contributed by atoms with van der Waals surface area (Å²) in [6.07, 6.45) is 8.14. The molecule has 0 radical (unpaired) electrons. The molecule has 2 aromatic heterocycles. The van der Waals surface area contributed by atoms with Gasteiger partial charge in [-0.05, 0) is 31.1 Å². The molecular formula is C20H22N4OS. The summed E-state index contributed by atoms with van der Waals surface area (Å²) in [7, 11) is 0. The smallest absolute Gasteiger partial charge is 0.246 e. The van der Waals surface area contributed by atoms with E-state index in [4.69, 9.17) is 4.98 Å². The van der Waals surface area contributed by atoms with Gasteiger partial charge in [0.2, 0.25) is 5.91 Å². The number of benzene rings is 1. The molecule has 0 atom stereocenters. The van der Waals surface area contributed by atoms with Crippen LogP contribution in [-0.4, -0.2) is 38.4 Å². The average molecular weight is 366 g/mol. The number of amides is 1. The number of nitrogens with zero attached hydrogens (tertiary/aromatic N) is 4. The molecule has 5 nitrogen and oxygen atoms in total. The lowest BCUT2D eigenvalue weighted by Crippen LogP contribution is -2.38. The molecule has 1 aliphatic heterocycles. The maximum absolute atomic E-state index is 12.4. The van der Waals surface area contributed by atoms with Crippen LogP contribution in [0.25, 0.3) is 17.1 Å². The number of para-hydroxylation sites is 2. The number of aromatic nitrogens is 3. The Morgan fingerprint density at radius 3 is 2.85 bits per heavy atom. The van der Waals surface area contributed by atoms with E-state index in [1.807, 2.05) is 17.0 Å². The van der Waals surface area contributed by atoms with Gasteiger partial charge in [-0.1, -0.05) is 19.1 Å². The molecule has 0 aliphatic carbocycles. The van der Waals surface area contributed by atoms with E-state index in [2.05, 4.69) is 34.7 Å². The number of likely N-dealkylation sites (tertiary alicyclic amines) is 1. The molecule has 6 heteroatoms. The number of rotatable bonds is 4. The van der Waals surface area contributed by atoms with Gasteiger partial charge in [-0.15, -0.1) is 11.3 Å². The van der Waals surface area contributed by atoms with Crippen LogP contribution in [0.15, 0.2) is 42.0 Å². The molecule has 0 bridgehead atoms. The van der Waals surface area contributed by atoms with Crippen LogP contribution in [0.1, 0.15) is 36.5 Å². The van der Waals surface area contributed by atoms with E-state index in [1.165, 1.54) is 16.9 Å². The zero-order chi connectivity index (χ0) is 17.9. The molecule has 1 aliphatic rings. The monoisotopic (exact) mass is 366 g/mol. The SMILES string of the molecule is CCc1nc2ccccc2n1C1CCN(C(=O)/C=C/c2cncs2)CC1. The first-order valence-corrected chi connectivity index (χ1v) is 9.95. The topological polar surface area (TPSA) is 51.0 Å². The summed E-state index contributed by atoms with van der Waals surface area (Å²) in [5.41, 5.74) is 4.05. The van der Waals surface area contributed by atoms with Gasteiger partial charge < -0.3 is 9.47 Å². The van der Waals surface area contributed by atoms with Crippen LogP contribution in [0, 0.1) is 0 Å². The first-order valence-electron chi connectivity index (χ1n) is 9.07. The molecule has 3 heterocycles. The van der Waals surface area contributed by atoms with E-state index in [9.17, 15) is 4.79 Å². The van der Waals surface area contributed by atoms with Crippen molar-refractivity contribution >= 4 is 34.4 Å². The quantitative estimate of drug-likeness (QED) is 0.657. The van der Waals surface area contributed by atoms with E-state index in [0.717, 1.165) is 48.6 Å². The first kappa shape index (κ1) is 17.0. The Labute approximate surface area is 157 Å². The van der Waals surface area contributed by atoms with E-state index >= 15 is 0 Å². The van der Waals surface area contributed by atoms with Gasteiger partial charge in [-0.3, -0.25) is 9.78 Å². The fourth-order valence-electron chi connectivity index (χ4n) is 3.66. The van der Waals surface area contributed by atoms with Crippen molar-refractivity contribution < 1.29 is 4.79 Å². The number of carbonyl (C=O) groups is 1. The van der Waals surface area contributed by atoms with Crippen molar-refractivity contribution in [3.05, 3.63) is 52.8 Å². The number of piperidine rings is 1. The Bertz CT molecular complexity index is 921. The highest BCUT2D eigenvalue weighted by atomic mass is 32.1. The number of carbonyl (C=O) groups excluding carboxylic acids is 1. The van der Waals surface area contributed by atoms with Gasteiger partial charge in [0.25, 0.3) is 0 Å². The Hall–Kier alpha value is -2.47. The molecule has 0 unspecified atom stereocenters. The number of hydrogen-bond donors (Lipinski definition) is 0. The molecule has 26 heavy (non-hydrogen) atoms. The highest BCUT2D eigenvalue weighted by Crippen LogP contribution is 2.29. The molecule has 1 amide bonds. The lowest BCUT2D eigenvalue weighted by molar-refractivity contribution is -0.127. The van der Waals surface area contributed by atoms with Crippen molar-refractivity contribution in [2.45, 2.75) is 32.2 Å². The number of imidazole rings is 1. The average Bonchev–Trinajstić information content (AvgIpc) is 3.33. The number of fused-ring (bicyclic) bond motifs is 1. The number of thiazole rings is 1. The fourth-order valence-corrected chi connectivity index (χ4v) is 4.17. The largest absolute Gasteiger partial charge is 0.339 e. The van der Waals surface area contributed by atoms with E-state index in [-0.39, 0.29) is 5.91 Å². The molecule has 4 rings (SSSR count). The fraction of sp³-hybridized carbons (Fsp3) is 0.350. The summed E-state index contributed by atoms with van der Waals surface area (Å²) in [6.45, 7) is 3.72. The van der Waals surface area contributed by atoms with E-state index < -0.39 is 0 Å². The summed E-state index contributed by atoms with van der Waals surface area (Å²) < 4.78 is 2.39. The van der Waals surface area contributed by atoms with Crippen LogP contribution >= 0.6 is 11.3 Å². The van der Waals surface area contributed by atoms with Crippen LogP contribution in [-0.2, 0) is 11.2 Å². The van der Waals surface area contributed by atoms with E-state index in [1.54, 1.807) is 17.8 Å². The van der Waals surface area contributed by atoms with Crippen LogP contribution in [0.2, 0.25) is 0 Å². The Morgan fingerprint density at radius 1 is 1.31 bits per heavy atom. The third-order valence-corrected chi connectivity index (χ3v) is 5.71. The molecule has 0 N–H and O–H groups in total. The minimum atomic E-state index is 0.0862. The molecule has 1 aromatic carbocycles. The Kier molecular flexibility index (Phi) is 4.84. The summed E-state index contributed by atoms with van der Waals surface area (Å²) in [5, 5.41) is 0. The van der Waals surface area contributed by atoms with Crippen molar-refractivity contribution in [2.24, 2.45) is 0 Å². The molecular weight excluding hydrogens is 344 g/mol. The zero-order valence-corrected chi connectivity index (χ0v) is 15.7.